The van der Waals surface area contributed by atoms with Gasteiger partial charge in [0.05, 0.1) is 11.5 Å². The minimum Gasteiger partial charge on any atom is -0.313 e. The van der Waals surface area contributed by atoms with Gasteiger partial charge in [0.2, 0.25) is 0 Å². The molecule has 0 spiro atoms. The van der Waals surface area contributed by atoms with E-state index in [0.29, 0.717) is 24.1 Å². The fraction of sp³-hybridized carbons (Fsp3) is 1.00. The Kier molecular flexibility index (Phi) is 7.91. The lowest BCUT2D eigenvalue weighted by Crippen LogP contribution is -2.33. The lowest BCUT2D eigenvalue weighted by molar-refractivity contribution is 0.471. The van der Waals surface area contributed by atoms with Crippen molar-refractivity contribution < 1.29 is 8.42 Å². The Balaban J connectivity index is 2.15. The molecular weight excluding hydrogens is 246 g/mol. The average molecular weight is 275 g/mol. The molecule has 0 bridgehead atoms. The molecule has 0 radical (unpaired) electrons. The molecule has 0 aliphatic heterocycles. The number of sulfone groups is 1. The second-order valence-electron chi connectivity index (χ2n) is 5.50. The third kappa shape index (κ3) is 7.37. The third-order valence-corrected chi connectivity index (χ3v) is 5.50. The SMILES string of the molecule is CCCCCS(=O)(=O)CCNC1CCCCCC1. The largest absolute Gasteiger partial charge is 0.313 e. The molecule has 18 heavy (non-hydrogen) atoms. The molecule has 1 saturated carbocycles. The summed E-state index contributed by atoms with van der Waals surface area (Å²) in [5, 5.41) is 3.43. The molecule has 0 aromatic rings. The highest BCUT2D eigenvalue weighted by Crippen LogP contribution is 2.16. The van der Waals surface area contributed by atoms with E-state index < -0.39 is 9.84 Å². The van der Waals surface area contributed by atoms with Crippen LogP contribution in [-0.2, 0) is 9.84 Å². The average Bonchev–Trinajstić information content (AvgIpc) is 2.58. The second-order valence-corrected chi connectivity index (χ2v) is 7.81. The summed E-state index contributed by atoms with van der Waals surface area (Å²) in [6.45, 7) is 2.74. The van der Waals surface area contributed by atoms with Gasteiger partial charge in [0, 0.05) is 12.6 Å². The molecule has 3 nitrogen and oxygen atoms in total. The Hall–Kier alpha value is -0.0900. The molecule has 0 unspecified atom stereocenters. The van der Waals surface area contributed by atoms with E-state index >= 15 is 0 Å². The first-order chi connectivity index (χ1) is 8.64. The maximum absolute atomic E-state index is 11.8. The minimum absolute atomic E-state index is 0.313. The molecule has 0 aromatic heterocycles. The summed E-state index contributed by atoms with van der Waals surface area (Å²) >= 11 is 0. The molecule has 1 aliphatic carbocycles. The van der Waals surface area contributed by atoms with Crippen LogP contribution in [0.4, 0.5) is 0 Å². The Morgan fingerprint density at radius 1 is 1.00 bits per heavy atom. The molecule has 0 saturated heterocycles. The van der Waals surface area contributed by atoms with Gasteiger partial charge in [-0.2, -0.15) is 0 Å². The van der Waals surface area contributed by atoms with Crippen molar-refractivity contribution in [3.05, 3.63) is 0 Å². The monoisotopic (exact) mass is 275 g/mol. The molecule has 0 aromatic carbocycles. The summed E-state index contributed by atoms with van der Waals surface area (Å²) in [5.41, 5.74) is 0. The van der Waals surface area contributed by atoms with Gasteiger partial charge in [-0.15, -0.1) is 0 Å². The van der Waals surface area contributed by atoms with Crippen LogP contribution in [0.15, 0.2) is 0 Å². The highest BCUT2D eigenvalue weighted by Gasteiger charge is 2.14. The molecule has 1 rings (SSSR count). The van der Waals surface area contributed by atoms with Crippen LogP contribution < -0.4 is 5.32 Å². The van der Waals surface area contributed by atoms with Gasteiger partial charge in [-0.1, -0.05) is 45.4 Å². The Morgan fingerprint density at radius 3 is 2.28 bits per heavy atom. The third-order valence-electron chi connectivity index (χ3n) is 3.76. The quantitative estimate of drug-likeness (QED) is 0.547. The summed E-state index contributed by atoms with van der Waals surface area (Å²) in [7, 11) is -2.83. The van der Waals surface area contributed by atoms with Crippen molar-refractivity contribution in [1.29, 1.82) is 0 Å². The van der Waals surface area contributed by atoms with Crippen molar-refractivity contribution >= 4 is 9.84 Å². The predicted octanol–water partition coefficient (Wildman–Crippen LogP) is 2.90. The van der Waals surface area contributed by atoms with Crippen LogP contribution in [0.25, 0.3) is 0 Å². The summed E-state index contributed by atoms with van der Waals surface area (Å²) < 4.78 is 23.5. The lowest BCUT2D eigenvalue weighted by Gasteiger charge is -2.16. The summed E-state index contributed by atoms with van der Waals surface area (Å²) in [4.78, 5) is 0. The van der Waals surface area contributed by atoms with Crippen molar-refractivity contribution in [3.63, 3.8) is 0 Å². The van der Waals surface area contributed by atoms with Gasteiger partial charge in [-0.05, 0) is 19.3 Å². The molecule has 108 valence electrons. The zero-order valence-electron chi connectivity index (χ0n) is 11.8. The maximum Gasteiger partial charge on any atom is 0.151 e. The number of hydrogen-bond acceptors (Lipinski definition) is 3. The van der Waals surface area contributed by atoms with Crippen molar-refractivity contribution in [3.8, 4) is 0 Å². The first-order valence-electron chi connectivity index (χ1n) is 7.58. The van der Waals surface area contributed by atoms with E-state index in [9.17, 15) is 8.42 Å². The smallest absolute Gasteiger partial charge is 0.151 e. The van der Waals surface area contributed by atoms with Gasteiger partial charge in [-0.25, -0.2) is 8.42 Å². The Labute approximate surface area is 113 Å². The number of unbranched alkanes of at least 4 members (excludes halogenated alkanes) is 2. The fourth-order valence-corrected chi connectivity index (χ4v) is 3.85. The zero-order valence-corrected chi connectivity index (χ0v) is 12.6. The van der Waals surface area contributed by atoms with Crippen molar-refractivity contribution in [1.82, 2.24) is 5.32 Å². The van der Waals surface area contributed by atoms with E-state index in [1.54, 1.807) is 0 Å². The van der Waals surface area contributed by atoms with Gasteiger partial charge in [0.25, 0.3) is 0 Å². The highest BCUT2D eigenvalue weighted by molar-refractivity contribution is 7.91. The number of rotatable bonds is 8. The minimum atomic E-state index is -2.83. The standard InChI is InChI=1S/C14H29NO2S/c1-2-3-8-12-18(16,17)13-11-15-14-9-6-4-5-7-10-14/h14-15H,2-13H2,1H3. The maximum atomic E-state index is 11.8. The van der Waals surface area contributed by atoms with Crippen LogP contribution in [0.5, 0.6) is 0 Å². The second kappa shape index (κ2) is 8.92. The van der Waals surface area contributed by atoms with E-state index in [1.807, 2.05) is 0 Å². The van der Waals surface area contributed by atoms with Gasteiger partial charge < -0.3 is 5.32 Å². The van der Waals surface area contributed by atoms with E-state index in [2.05, 4.69) is 12.2 Å². The van der Waals surface area contributed by atoms with Gasteiger partial charge in [0.1, 0.15) is 0 Å². The first-order valence-corrected chi connectivity index (χ1v) is 9.40. The highest BCUT2D eigenvalue weighted by atomic mass is 32.2. The summed E-state index contributed by atoms with van der Waals surface area (Å²) in [6, 6.07) is 0.554. The fourth-order valence-electron chi connectivity index (χ4n) is 2.58. The summed E-state index contributed by atoms with van der Waals surface area (Å²) in [5.74, 6) is 0.681. The molecule has 0 heterocycles. The molecule has 1 aliphatic rings. The van der Waals surface area contributed by atoms with E-state index in [4.69, 9.17) is 0 Å². The molecule has 1 fully saturated rings. The summed E-state index contributed by atoms with van der Waals surface area (Å²) in [6.07, 6.45) is 10.6. The van der Waals surface area contributed by atoms with Gasteiger partial charge in [-0.3, -0.25) is 0 Å². The van der Waals surface area contributed by atoms with E-state index in [1.165, 1.54) is 38.5 Å². The van der Waals surface area contributed by atoms with Crippen LogP contribution in [0.2, 0.25) is 0 Å². The molecule has 0 atom stereocenters. The lowest BCUT2D eigenvalue weighted by atomic mass is 10.1. The van der Waals surface area contributed by atoms with Crippen LogP contribution in [-0.4, -0.2) is 32.5 Å². The molecule has 4 heteroatoms. The molecule has 1 N–H and O–H groups in total. The Morgan fingerprint density at radius 2 is 1.67 bits per heavy atom. The van der Waals surface area contributed by atoms with E-state index in [-0.39, 0.29) is 0 Å². The topological polar surface area (TPSA) is 46.2 Å². The number of nitrogens with one attached hydrogen (secondary N) is 1. The van der Waals surface area contributed by atoms with Crippen molar-refractivity contribution in [2.45, 2.75) is 70.8 Å². The van der Waals surface area contributed by atoms with Gasteiger partial charge in [0.15, 0.2) is 9.84 Å². The zero-order chi connectivity index (χ0) is 13.3. The van der Waals surface area contributed by atoms with Crippen molar-refractivity contribution in [2.24, 2.45) is 0 Å². The molecular formula is C14H29NO2S. The number of hydrogen-bond donors (Lipinski definition) is 1. The van der Waals surface area contributed by atoms with Crippen LogP contribution >= 0.6 is 0 Å². The van der Waals surface area contributed by atoms with Gasteiger partial charge >= 0.3 is 0 Å². The van der Waals surface area contributed by atoms with E-state index in [0.717, 1.165) is 19.3 Å². The normalized spacial score (nSPS) is 18.7. The van der Waals surface area contributed by atoms with Crippen LogP contribution in [0.3, 0.4) is 0 Å². The first kappa shape index (κ1) is 16.0. The molecule has 0 amide bonds. The Bertz CT molecular complexity index is 293. The van der Waals surface area contributed by atoms with Crippen LogP contribution in [0, 0.1) is 0 Å². The van der Waals surface area contributed by atoms with Crippen molar-refractivity contribution in [2.75, 3.05) is 18.1 Å². The van der Waals surface area contributed by atoms with Crippen LogP contribution in [0.1, 0.15) is 64.7 Å². The predicted molar refractivity (Wildman–Crippen MR) is 77.7 cm³/mol.